The fraction of sp³-hybridized carbons (Fsp3) is 0.526. The smallest absolute Gasteiger partial charge is 0.325 e. The molecule has 0 saturated carbocycles. The van der Waals surface area contributed by atoms with E-state index in [4.69, 9.17) is 5.11 Å². The summed E-state index contributed by atoms with van der Waals surface area (Å²) in [5.74, 6) is -2.18. The van der Waals surface area contributed by atoms with E-state index in [0.29, 0.717) is 5.56 Å². The lowest BCUT2D eigenvalue weighted by Crippen LogP contribution is -2.53. The van der Waals surface area contributed by atoms with Crippen LogP contribution in [0.1, 0.15) is 57.5 Å². The van der Waals surface area contributed by atoms with Crippen molar-refractivity contribution in [2.24, 2.45) is 5.92 Å². The van der Waals surface area contributed by atoms with Crippen LogP contribution in [0.3, 0.4) is 0 Å². The van der Waals surface area contributed by atoms with Gasteiger partial charge < -0.3 is 15.7 Å². The molecule has 0 aliphatic heterocycles. The molecule has 0 aliphatic rings. The van der Waals surface area contributed by atoms with Gasteiger partial charge in [0, 0.05) is 5.56 Å². The number of carboxylic acid groups (broad SMARTS) is 1. The highest BCUT2D eigenvalue weighted by Gasteiger charge is 2.27. The monoisotopic (exact) mass is 348 g/mol. The Morgan fingerprint density at radius 2 is 1.48 bits per heavy atom. The molecule has 0 radical (unpaired) electrons. The van der Waals surface area contributed by atoms with E-state index in [2.05, 4.69) is 31.4 Å². The lowest BCUT2D eigenvalue weighted by atomic mass is 9.86. The number of nitrogens with one attached hydrogen (secondary N) is 2. The van der Waals surface area contributed by atoms with Crippen LogP contribution >= 0.6 is 0 Å². The van der Waals surface area contributed by atoms with Crippen LogP contribution in [0.4, 0.5) is 0 Å². The first-order valence-electron chi connectivity index (χ1n) is 8.38. The molecule has 0 bridgehead atoms. The first-order valence-corrected chi connectivity index (χ1v) is 8.38. The van der Waals surface area contributed by atoms with Crippen molar-refractivity contribution >= 4 is 17.8 Å². The van der Waals surface area contributed by atoms with Crippen LogP contribution in [0, 0.1) is 5.92 Å². The molecule has 138 valence electrons. The molecule has 0 spiro atoms. The van der Waals surface area contributed by atoms with Gasteiger partial charge in [-0.1, -0.05) is 46.8 Å². The highest BCUT2D eigenvalue weighted by molar-refractivity contribution is 5.98. The molecule has 0 saturated heterocycles. The van der Waals surface area contributed by atoms with Gasteiger partial charge in [0.15, 0.2) is 0 Å². The van der Waals surface area contributed by atoms with Crippen LogP contribution in [0.25, 0.3) is 0 Å². The second kappa shape index (κ2) is 8.14. The Bertz CT molecular complexity index is 630. The highest BCUT2D eigenvalue weighted by Crippen LogP contribution is 2.22. The molecule has 6 nitrogen and oxygen atoms in total. The SMILES string of the molecule is CC(NC(=O)C(NC(=O)c1ccc(C(C)(C)C)cc1)C(C)C)C(=O)O. The third-order valence-electron chi connectivity index (χ3n) is 3.98. The van der Waals surface area contributed by atoms with Gasteiger partial charge in [0.05, 0.1) is 0 Å². The molecule has 0 aliphatic carbocycles. The standard InChI is InChI=1S/C19H28N2O4/c1-11(2)15(17(23)20-12(3)18(24)25)21-16(22)13-7-9-14(10-8-13)19(4,5)6/h7-12,15H,1-6H3,(H,20,23)(H,21,22)(H,24,25). The maximum Gasteiger partial charge on any atom is 0.325 e. The summed E-state index contributed by atoms with van der Waals surface area (Å²) in [7, 11) is 0. The maximum absolute atomic E-state index is 12.4. The minimum atomic E-state index is -1.13. The molecule has 0 heterocycles. The Balaban J connectivity index is 2.86. The van der Waals surface area contributed by atoms with Crippen molar-refractivity contribution in [3.63, 3.8) is 0 Å². The van der Waals surface area contributed by atoms with Crippen molar-refractivity contribution in [2.45, 2.75) is 59.0 Å². The third kappa shape index (κ3) is 5.89. The molecule has 3 N–H and O–H groups in total. The number of amides is 2. The first kappa shape index (κ1) is 20.7. The van der Waals surface area contributed by atoms with Crippen LogP contribution in [-0.2, 0) is 15.0 Å². The van der Waals surface area contributed by atoms with Crippen LogP contribution in [-0.4, -0.2) is 35.0 Å². The summed E-state index contributed by atoms with van der Waals surface area (Å²) in [6, 6.07) is 5.42. The van der Waals surface area contributed by atoms with E-state index in [1.165, 1.54) is 6.92 Å². The largest absolute Gasteiger partial charge is 0.480 e. The lowest BCUT2D eigenvalue weighted by molar-refractivity contribution is -0.141. The van der Waals surface area contributed by atoms with E-state index in [9.17, 15) is 14.4 Å². The van der Waals surface area contributed by atoms with E-state index in [-0.39, 0.29) is 17.2 Å². The van der Waals surface area contributed by atoms with Crippen molar-refractivity contribution in [1.82, 2.24) is 10.6 Å². The predicted molar refractivity (Wildman–Crippen MR) is 96.5 cm³/mol. The van der Waals surface area contributed by atoms with Gasteiger partial charge in [0.25, 0.3) is 5.91 Å². The Kier molecular flexibility index (Phi) is 6.73. The average Bonchev–Trinajstić information content (AvgIpc) is 2.50. The number of carbonyl (C=O) groups excluding carboxylic acids is 2. The zero-order valence-corrected chi connectivity index (χ0v) is 15.7. The molecule has 1 rings (SSSR count). The van der Waals surface area contributed by atoms with Crippen LogP contribution in [0.5, 0.6) is 0 Å². The van der Waals surface area contributed by atoms with Gasteiger partial charge in [0.1, 0.15) is 12.1 Å². The summed E-state index contributed by atoms with van der Waals surface area (Å²) in [4.78, 5) is 35.6. The summed E-state index contributed by atoms with van der Waals surface area (Å²) >= 11 is 0. The number of carbonyl (C=O) groups is 3. The zero-order valence-electron chi connectivity index (χ0n) is 15.7. The summed E-state index contributed by atoms with van der Waals surface area (Å²) in [5, 5.41) is 14.0. The second-order valence-electron chi connectivity index (χ2n) is 7.59. The Morgan fingerprint density at radius 1 is 0.960 bits per heavy atom. The topological polar surface area (TPSA) is 95.5 Å². The Morgan fingerprint density at radius 3 is 1.88 bits per heavy atom. The average molecular weight is 348 g/mol. The summed E-state index contributed by atoms with van der Waals surface area (Å²) in [5.41, 5.74) is 1.55. The van der Waals surface area contributed by atoms with E-state index < -0.39 is 24.0 Å². The number of rotatable bonds is 6. The van der Waals surface area contributed by atoms with Crippen LogP contribution in [0.15, 0.2) is 24.3 Å². The number of carboxylic acids is 1. The molecule has 1 aromatic carbocycles. The third-order valence-corrected chi connectivity index (χ3v) is 3.98. The van der Waals surface area contributed by atoms with E-state index in [1.807, 2.05) is 12.1 Å². The normalized spacial score (nSPS) is 13.9. The minimum absolute atomic E-state index is 0.0116. The van der Waals surface area contributed by atoms with Crippen LogP contribution < -0.4 is 10.6 Å². The quantitative estimate of drug-likeness (QED) is 0.735. The molecular formula is C19H28N2O4. The molecular weight excluding hydrogens is 320 g/mol. The highest BCUT2D eigenvalue weighted by atomic mass is 16.4. The Hall–Kier alpha value is -2.37. The molecule has 0 aromatic heterocycles. The van der Waals surface area contributed by atoms with Crippen LogP contribution in [0.2, 0.25) is 0 Å². The van der Waals surface area contributed by atoms with E-state index in [0.717, 1.165) is 5.56 Å². The number of hydrogen-bond acceptors (Lipinski definition) is 3. The minimum Gasteiger partial charge on any atom is -0.480 e. The van der Waals surface area contributed by atoms with Crippen molar-refractivity contribution in [3.8, 4) is 0 Å². The van der Waals surface area contributed by atoms with Gasteiger partial charge in [0.2, 0.25) is 5.91 Å². The number of hydrogen-bond donors (Lipinski definition) is 3. The number of benzene rings is 1. The van der Waals surface area contributed by atoms with Gasteiger partial charge in [-0.3, -0.25) is 14.4 Å². The van der Waals surface area contributed by atoms with Gasteiger partial charge >= 0.3 is 5.97 Å². The summed E-state index contributed by atoms with van der Waals surface area (Å²) < 4.78 is 0. The van der Waals surface area contributed by atoms with Gasteiger partial charge in [-0.2, -0.15) is 0 Å². The predicted octanol–water partition coefficient (Wildman–Crippen LogP) is 2.33. The number of aliphatic carboxylic acids is 1. The fourth-order valence-corrected chi connectivity index (χ4v) is 2.25. The fourth-order valence-electron chi connectivity index (χ4n) is 2.25. The molecule has 2 atom stereocenters. The second-order valence-corrected chi connectivity index (χ2v) is 7.59. The summed E-state index contributed by atoms with van der Waals surface area (Å²) in [6.45, 7) is 11.2. The molecule has 6 heteroatoms. The Labute approximate surface area is 149 Å². The van der Waals surface area contributed by atoms with E-state index >= 15 is 0 Å². The molecule has 2 unspecified atom stereocenters. The molecule has 0 fully saturated rings. The van der Waals surface area contributed by atoms with Gasteiger partial charge in [-0.25, -0.2) is 0 Å². The molecule has 2 amide bonds. The van der Waals surface area contributed by atoms with Crippen molar-refractivity contribution in [1.29, 1.82) is 0 Å². The van der Waals surface area contributed by atoms with Crippen molar-refractivity contribution < 1.29 is 19.5 Å². The molecule has 1 aromatic rings. The van der Waals surface area contributed by atoms with Gasteiger partial charge in [-0.05, 0) is 36.0 Å². The van der Waals surface area contributed by atoms with Crippen molar-refractivity contribution in [3.05, 3.63) is 35.4 Å². The lowest BCUT2D eigenvalue weighted by Gasteiger charge is -2.23. The molecule has 25 heavy (non-hydrogen) atoms. The summed E-state index contributed by atoms with van der Waals surface area (Å²) in [6.07, 6.45) is 0. The van der Waals surface area contributed by atoms with Gasteiger partial charge in [-0.15, -0.1) is 0 Å². The first-order chi connectivity index (χ1) is 11.4. The zero-order chi connectivity index (χ0) is 19.4. The van der Waals surface area contributed by atoms with E-state index in [1.54, 1.807) is 26.0 Å². The van der Waals surface area contributed by atoms with Crippen molar-refractivity contribution in [2.75, 3.05) is 0 Å². The maximum atomic E-state index is 12.4.